The molecular formula is C29H25NO7. The summed E-state index contributed by atoms with van der Waals surface area (Å²) in [5.41, 5.74) is 1.73. The molecule has 2 amide bonds. The molecule has 0 saturated carbocycles. The smallest absolute Gasteiger partial charge is 0.311 e. The van der Waals surface area contributed by atoms with Crippen LogP contribution in [0.5, 0.6) is 5.75 Å². The third-order valence-corrected chi connectivity index (χ3v) is 6.42. The zero-order valence-electron chi connectivity index (χ0n) is 20.3. The van der Waals surface area contributed by atoms with Gasteiger partial charge in [0.1, 0.15) is 5.58 Å². The second kappa shape index (κ2) is 10.3. The van der Waals surface area contributed by atoms with Crippen molar-refractivity contribution in [3.63, 3.8) is 0 Å². The van der Waals surface area contributed by atoms with Crippen LogP contribution in [0.2, 0.25) is 0 Å². The zero-order valence-corrected chi connectivity index (χ0v) is 20.3. The molecule has 2 aromatic heterocycles. The molecule has 37 heavy (non-hydrogen) atoms. The Kier molecular flexibility index (Phi) is 6.72. The number of carbonyl (C=O) groups excluding carboxylic acids is 3. The second-order valence-electron chi connectivity index (χ2n) is 8.84. The highest BCUT2D eigenvalue weighted by molar-refractivity contribution is 6.21. The molecule has 2 aromatic carbocycles. The van der Waals surface area contributed by atoms with E-state index in [1.165, 1.54) is 11.2 Å². The van der Waals surface area contributed by atoms with Crippen molar-refractivity contribution in [3.8, 4) is 17.3 Å². The van der Waals surface area contributed by atoms with Crippen LogP contribution in [0, 0.1) is 0 Å². The van der Waals surface area contributed by atoms with E-state index in [4.69, 9.17) is 13.6 Å². The number of furan rings is 1. The molecule has 1 aliphatic heterocycles. The summed E-state index contributed by atoms with van der Waals surface area (Å²) in [5.74, 6) is -1.02. The van der Waals surface area contributed by atoms with Crippen molar-refractivity contribution in [1.29, 1.82) is 0 Å². The lowest BCUT2D eigenvalue weighted by Gasteiger charge is -2.13. The number of aryl methyl sites for hydroxylation is 1. The van der Waals surface area contributed by atoms with Crippen LogP contribution in [-0.4, -0.2) is 29.2 Å². The second-order valence-corrected chi connectivity index (χ2v) is 8.84. The number of amides is 2. The summed E-state index contributed by atoms with van der Waals surface area (Å²) in [6, 6.07) is 15.4. The summed E-state index contributed by atoms with van der Waals surface area (Å²) in [4.78, 5) is 52.1. The van der Waals surface area contributed by atoms with E-state index in [0.717, 1.165) is 12.0 Å². The Labute approximate surface area is 212 Å². The first kappa shape index (κ1) is 24.2. The molecule has 0 atom stereocenters. The Bertz CT molecular complexity index is 1510. The van der Waals surface area contributed by atoms with E-state index in [1.54, 1.807) is 48.5 Å². The van der Waals surface area contributed by atoms with Crippen molar-refractivity contribution < 1.29 is 28.0 Å². The number of fused-ring (bicyclic) bond motifs is 2. The van der Waals surface area contributed by atoms with Gasteiger partial charge >= 0.3 is 5.97 Å². The predicted octanol–water partition coefficient (Wildman–Crippen LogP) is 5.38. The van der Waals surface area contributed by atoms with Gasteiger partial charge in [-0.3, -0.25) is 24.1 Å². The number of benzene rings is 2. The monoisotopic (exact) mass is 499 g/mol. The lowest BCUT2D eigenvalue weighted by Crippen LogP contribution is -2.30. The molecule has 0 aliphatic carbocycles. The fraction of sp³-hybridized carbons (Fsp3) is 0.241. The quantitative estimate of drug-likeness (QED) is 0.173. The fourth-order valence-corrected chi connectivity index (χ4v) is 4.43. The summed E-state index contributed by atoms with van der Waals surface area (Å²) in [7, 11) is 0. The number of ether oxygens (including phenoxy) is 1. The average Bonchev–Trinajstić information content (AvgIpc) is 3.53. The molecule has 3 heterocycles. The molecular weight excluding hydrogens is 474 g/mol. The molecule has 5 rings (SSSR count). The molecule has 4 aromatic rings. The van der Waals surface area contributed by atoms with Crippen LogP contribution in [0.25, 0.3) is 22.5 Å². The van der Waals surface area contributed by atoms with Gasteiger partial charge < -0.3 is 13.6 Å². The van der Waals surface area contributed by atoms with Gasteiger partial charge in [0.15, 0.2) is 5.76 Å². The van der Waals surface area contributed by atoms with Crippen molar-refractivity contribution in [1.82, 2.24) is 4.90 Å². The number of imide groups is 1. The van der Waals surface area contributed by atoms with Gasteiger partial charge in [0.05, 0.1) is 22.8 Å². The third-order valence-electron chi connectivity index (χ3n) is 6.42. The van der Waals surface area contributed by atoms with E-state index in [0.29, 0.717) is 41.4 Å². The van der Waals surface area contributed by atoms with E-state index < -0.39 is 11.4 Å². The van der Waals surface area contributed by atoms with Gasteiger partial charge in [0.25, 0.3) is 11.8 Å². The first-order valence-corrected chi connectivity index (χ1v) is 12.3. The minimum absolute atomic E-state index is 0.0609. The predicted molar refractivity (Wildman–Crippen MR) is 135 cm³/mol. The molecule has 0 N–H and O–H groups in total. The van der Waals surface area contributed by atoms with Gasteiger partial charge in [-0.25, -0.2) is 0 Å². The standard InChI is InChI=1S/C29H25NO7/c1-2-18-13-14-22-21(17-18)25(32)27(26(36-22)23-11-8-16-35-23)37-24(31)12-4-3-7-15-30-28(33)19-9-5-6-10-20(19)29(30)34/h5-6,8-11,13-14,16-17H,2-4,7,12,15H2,1H3. The molecule has 8 heteroatoms. The zero-order chi connectivity index (χ0) is 25.9. The fourth-order valence-electron chi connectivity index (χ4n) is 4.43. The Hall–Kier alpha value is -4.46. The van der Waals surface area contributed by atoms with E-state index >= 15 is 0 Å². The minimum Gasteiger partial charge on any atom is -0.461 e. The number of rotatable bonds is 9. The first-order valence-electron chi connectivity index (χ1n) is 12.3. The SMILES string of the molecule is CCc1ccc2oc(-c3ccco3)c(OC(=O)CCCCCN3C(=O)c4ccccc4C3=O)c(=O)c2c1. The van der Waals surface area contributed by atoms with Crippen molar-refractivity contribution in [2.75, 3.05) is 6.54 Å². The number of nitrogens with zero attached hydrogens (tertiary/aromatic N) is 1. The maximum atomic E-state index is 13.3. The Morgan fingerprint density at radius 1 is 0.919 bits per heavy atom. The van der Waals surface area contributed by atoms with E-state index in [9.17, 15) is 19.2 Å². The summed E-state index contributed by atoms with van der Waals surface area (Å²) in [6.45, 7) is 2.26. The number of unbranched alkanes of at least 4 members (excludes halogenated alkanes) is 2. The van der Waals surface area contributed by atoms with E-state index in [2.05, 4.69) is 0 Å². The Morgan fingerprint density at radius 3 is 2.35 bits per heavy atom. The minimum atomic E-state index is -0.577. The first-order chi connectivity index (χ1) is 18.0. The normalized spacial score (nSPS) is 12.8. The highest BCUT2D eigenvalue weighted by Gasteiger charge is 2.34. The summed E-state index contributed by atoms with van der Waals surface area (Å²) < 4.78 is 16.8. The lowest BCUT2D eigenvalue weighted by atomic mass is 10.1. The van der Waals surface area contributed by atoms with Crippen molar-refractivity contribution in [2.24, 2.45) is 0 Å². The van der Waals surface area contributed by atoms with Crippen LogP contribution in [0.4, 0.5) is 0 Å². The topological polar surface area (TPSA) is 107 Å². The van der Waals surface area contributed by atoms with Gasteiger partial charge in [0, 0.05) is 13.0 Å². The third kappa shape index (κ3) is 4.70. The highest BCUT2D eigenvalue weighted by Crippen LogP contribution is 2.32. The molecule has 0 spiro atoms. The maximum absolute atomic E-state index is 13.3. The Morgan fingerprint density at radius 2 is 1.68 bits per heavy atom. The lowest BCUT2D eigenvalue weighted by molar-refractivity contribution is -0.134. The maximum Gasteiger partial charge on any atom is 0.311 e. The number of hydrogen-bond acceptors (Lipinski definition) is 7. The van der Waals surface area contributed by atoms with Crippen molar-refractivity contribution in [2.45, 2.75) is 39.0 Å². The van der Waals surface area contributed by atoms with E-state index in [-0.39, 0.29) is 42.0 Å². The average molecular weight is 500 g/mol. The summed E-state index contributed by atoms with van der Waals surface area (Å²) in [6.07, 6.45) is 3.86. The van der Waals surface area contributed by atoms with Gasteiger partial charge in [-0.1, -0.05) is 31.5 Å². The van der Waals surface area contributed by atoms with Crippen LogP contribution in [0.1, 0.15) is 58.9 Å². The molecule has 8 nitrogen and oxygen atoms in total. The number of esters is 1. The van der Waals surface area contributed by atoms with Crippen LogP contribution >= 0.6 is 0 Å². The van der Waals surface area contributed by atoms with Crippen LogP contribution < -0.4 is 10.2 Å². The molecule has 0 radical (unpaired) electrons. The molecule has 1 aliphatic rings. The van der Waals surface area contributed by atoms with Gasteiger partial charge in [-0.2, -0.15) is 0 Å². The molecule has 188 valence electrons. The largest absolute Gasteiger partial charge is 0.461 e. The van der Waals surface area contributed by atoms with Gasteiger partial charge in [0.2, 0.25) is 16.9 Å². The van der Waals surface area contributed by atoms with Crippen molar-refractivity contribution >= 4 is 28.8 Å². The van der Waals surface area contributed by atoms with Crippen LogP contribution in [0.15, 0.2) is 74.5 Å². The number of carbonyl (C=O) groups is 3. The summed E-state index contributed by atoms with van der Waals surface area (Å²) in [5, 5.41) is 0.332. The highest BCUT2D eigenvalue weighted by atomic mass is 16.5. The Balaban J connectivity index is 1.23. The van der Waals surface area contributed by atoms with Gasteiger partial charge in [-0.15, -0.1) is 0 Å². The molecule has 0 bridgehead atoms. The molecule has 0 unspecified atom stereocenters. The molecule has 0 fully saturated rings. The number of hydrogen-bond donors (Lipinski definition) is 0. The van der Waals surface area contributed by atoms with Gasteiger partial charge in [-0.05, 0) is 61.2 Å². The molecule has 0 saturated heterocycles. The summed E-state index contributed by atoms with van der Waals surface area (Å²) >= 11 is 0. The van der Waals surface area contributed by atoms with Crippen LogP contribution in [-0.2, 0) is 11.2 Å². The van der Waals surface area contributed by atoms with E-state index in [1.807, 2.05) is 13.0 Å². The van der Waals surface area contributed by atoms with Crippen molar-refractivity contribution in [3.05, 3.63) is 87.8 Å². The van der Waals surface area contributed by atoms with Crippen LogP contribution in [0.3, 0.4) is 0 Å².